The van der Waals surface area contributed by atoms with Crippen molar-refractivity contribution in [2.75, 3.05) is 18.4 Å². The lowest BCUT2D eigenvalue weighted by molar-refractivity contribution is -0.137. The lowest BCUT2D eigenvalue weighted by Gasteiger charge is -2.20. The van der Waals surface area contributed by atoms with Crippen LogP contribution in [-0.4, -0.2) is 35.1 Å². The number of carbonyl (C=O) groups excluding carboxylic acids is 1. The maximum atomic E-state index is 11.9. The van der Waals surface area contributed by atoms with Gasteiger partial charge in [-0.1, -0.05) is 30.1 Å². The molecule has 1 rings (SSSR count). The Kier molecular flexibility index (Phi) is 5.92. The van der Waals surface area contributed by atoms with E-state index in [4.69, 9.17) is 28.3 Å². The smallest absolute Gasteiger partial charge is 0.323 e. The number of urea groups is 1. The second kappa shape index (κ2) is 7.21. The number of rotatable bonds is 5. The van der Waals surface area contributed by atoms with Crippen LogP contribution < -0.4 is 5.32 Å². The van der Waals surface area contributed by atoms with Gasteiger partial charge in [-0.2, -0.15) is 0 Å². The Hall–Kier alpha value is -1.46. The van der Waals surface area contributed by atoms with Crippen molar-refractivity contribution in [2.45, 2.75) is 13.3 Å². The number of nitrogens with one attached hydrogen (secondary N) is 1. The van der Waals surface area contributed by atoms with Crippen LogP contribution in [0.4, 0.5) is 10.5 Å². The summed E-state index contributed by atoms with van der Waals surface area (Å²) < 4.78 is 0. The number of anilines is 1. The molecule has 5 nitrogen and oxygen atoms in total. The van der Waals surface area contributed by atoms with E-state index in [1.807, 2.05) is 6.92 Å². The molecule has 0 aliphatic carbocycles. The van der Waals surface area contributed by atoms with E-state index in [1.54, 1.807) is 12.1 Å². The molecule has 7 heteroatoms. The van der Waals surface area contributed by atoms with Gasteiger partial charge in [0.15, 0.2) is 0 Å². The number of nitrogens with zero attached hydrogens (tertiary/aromatic N) is 1. The van der Waals surface area contributed by atoms with Crippen LogP contribution in [0.15, 0.2) is 18.2 Å². The van der Waals surface area contributed by atoms with Crippen LogP contribution in [-0.2, 0) is 4.79 Å². The van der Waals surface area contributed by atoms with Gasteiger partial charge in [-0.3, -0.25) is 4.79 Å². The summed E-state index contributed by atoms with van der Waals surface area (Å²) in [5.41, 5.74) is 0.464. The number of benzene rings is 1. The molecule has 2 amide bonds. The van der Waals surface area contributed by atoms with E-state index in [0.29, 0.717) is 28.7 Å². The van der Waals surface area contributed by atoms with Crippen LogP contribution in [0, 0.1) is 0 Å². The first kappa shape index (κ1) is 15.6. The molecule has 0 aliphatic heterocycles. The van der Waals surface area contributed by atoms with Crippen LogP contribution in [0.5, 0.6) is 0 Å². The van der Waals surface area contributed by atoms with Crippen LogP contribution in [0.2, 0.25) is 10.0 Å². The maximum Gasteiger partial charge on any atom is 0.323 e. The van der Waals surface area contributed by atoms with Gasteiger partial charge in [0.05, 0.1) is 10.0 Å². The molecular weight excluding hydrogens is 291 g/mol. The molecule has 0 aromatic heterocycles. The number of hydrogen-bond donors (Lipinski definition) is 2. The second-order valence-electron chi connectivity index (χ2n) is 3.87. The minimum absolute atomic E-state index is 0.319. The largest absolute Gasteiger partial charge is 0.480 e. The van der Waals surface area contributed by atoms with Crippen LogP contribution >= 0.6 is 23.2 Å². The van der Waals surface area contributed by atoms with Gasteiger partial charge in [0.1, 0.15) is 6.54 Å². The summed E-state index contributed by atoms with van der Waals surface area (Å²) in [4.78, 5) is 23.8. The molecular formula is C12H14Cl2N2O3. The van der Waals surface area contributed by atoms with Gasteiger partial charge in [-0.05, 0) is 24.6 Å². The Morgan fingerprint density at radius 3 is 2.53 bits per heavy atom. The van der Waals surface area contributed by atoms with Crippen molar-refractivity contribution in [3.8, 4) is 0 Å². The zero-order valence-electron chi connectivity index (χ0n) is 10.3. The third kappa shape index (κ3) is 4.96. The number of carboxylic acids is 1. The van der Waals surface area contributed by atoms with Crippen molar-refractivity contribution in [3.05, 3.63) is 28.2 Å². The van der Waals surface area contributed by atoms with E-state index < -0.39 is 12.0 Å². The Balaban J connectivity index is 2.74. The summed E-state index contributed by atoms with van der Waals surface area (Å²) >= 11 is 11.6. The van der Waals surface area contributed by atoms with Gasteiger partial charge >= 0.3 is 12.0 Å². The maximum absolute atomic E-state index is 11.9. The topological polar surface area (TPSA) is 69.6 Å². The fourth-order valence-electron chi connectivity index (χ4n) is 1.46. The fourth-order valence-corrected chi connectivity index (χ4v) is 1.76. The Morgan fingerprint density at radius 1 is 1.32 bits per heavy atom. The highest BCUT2D eigenvalue weighted by Gasteiger charge is 2.16. The lowest BCUT2D eigenvalue weighted by Crippen LogP contribution is -2.39. The molecule has 0 spiro atoms. The SMILES string of the molecule is CCCN(CC(=O)O)C(=O)Nc1ccc(Cl)c(Cl)c1. The van der Waals surface area contributed by atoms with Crippen molar-refractivity contribution in [1.29, 1.82) is 0 Å². The Labute approximate surface area is 121 Å². The summed E-state index contributed by atoms with van der Waals surface area (Å²) in [6.07, 6.45) is 0.669. The summed E-state index contributed by atoms with van der Waals surface area (Å²) in [6.45, 7) is 1.88. The van der Waals surface area contributed by atoms with Crippen molar-refractivity contribution in [2.24, 2.45) is 0 Å². The molecule has 0 saturated heterocycles. The highest BCUT2D eigenvalue weighted by molar-refractivity contribution is 6.42. The van der Waals surface area contributed by atoms with E-state index >= 15 is 0 Å². The van der Waals surface area contributed by atoms with E-state index in [0.717, 1.165) is 0 Å². The average molecular weight is 305 g/mol. The molecule has 0 heterocycles. The number of amides is 2. The van der Waals surface area contributed by atoms with E-state index in [9.17, 15) is 9.59 Å². The minimum Gasteiger partial charge on any atom is -0.480 e. The molecule has 104 valence electrons. The first-order valence-electron chi connectivity index (χ1n) is 5.66. The van der Waals surface area contributed by atoms with Gasteiger partial charge in [0.2, 0.25) is 0 Å². The summed E-state index contributed by atoms with van der Waals surface area (Å²) in [5, 5.41) is 12.0. The number of aliphatic carboxylic acids is 1. The number of hydrogen-bond acceptors (Lipinski definition) is 2. The van der Waals surface area contributed by atoms with E-state index in [2.05, 4.69) is 5.32 Å². The zero-order chi connectivity index (χ0) is 14.4. The highest BCUT2D eigenvalue weighted by atomic mass is 35.5. The first-order valence-corrected chi connectivity index (χ1v) is 6.42. The van der Waals surface area contributed by atoms with Gasteiger partial charge in [-0.15, -0.1) is 0 Å². The van der Waals surface area contributed by atoms with Crippen molar-refractivity contribution >= 4 is 40.9 Å². The van der Waals surface area contributed by atoms with Crippen molar-refractivity contribution in [3.63, 3.8) is 0 Å². The number of halogens is 2. The Morgan fingerprint density at radius 2 is 2.00 bits per heavy atom. The molecule has 19 heavy (non-hydrogen) atoms. The molecule has 1 aromatic rings. The van der Waals surface area contributed by atoms with Gasteiger partial charge in [0.25, 0.3) is 0 Å². The van der Waals surface area contributed by atoms with Gasteiger partial charge < -0.3 is 15.3 Å². The quantitative estimate of drug-likeness (QED) is 0.876. The van der Waals surface area contributed by atoms with Gasteiger partial charge in [-0.25, -0.2) is 4.79 Å². The molecule has 0 unspecified atom stereocenters. The first-order chi connectivity index (χ1) is 8.93. The molecule has 0 saturated carbocycles. The number of carbonyl (C=O) groups is 2. The predicted octanol–water partition coefficient (Wildman–Crippen LogP) is 3.32. The third-order valence-electron chi connectivity index (χ3n) is 2.28. The monoisotopic (exact) mass is 304 g/mol. The van der Waals surface area contributed by atoms with E-state index in [1.165, 1.54) is 11.0 Å². The molecule has 0 bridgehead atoms. The van der Waals surface area contributed by atoms with Gasteiger partial charge in [0, 0.05) is 12.2 Å². The molecule has 0 aliphatic rings. The highest BCUT2D eigenvalue weighted by Crippen LogP contribution is 2.25. The second-order valence-corrected chi connectivity index (χ2v) is 4.69. The minimum atomic E-state index is -1.06. The lowest BCUT2D eigenvalue weighted by atomic mass is 10.3. The molecule has 2 N–H and O–H groups in total. The van der Waals surface area contributed by atoms with Crippen LogP contribution in [0.25, 0.3) is 0 Å². The van der Waals surface area contributed by atoms with Crippen molar-refractivity contribution < 1.29 is 14.7 Å². The van der Waals surface area contributed by atoms with Crippen LogP contribution in [0.1, 0.15) is 13.3 Å². The van der Waals surface area contributed by atoms with Crippen molar-refractivity contribution in [1.82, 2.24) is 4.90 Å². The zero-order valence-corrected chi connectivity index (χ0v) is 11.8. The Bertz CT molecular complexity index is 480. The predicted molar refractivity (Wildman–Crippen MR) is 75.0 cm³/mol. The summed E-state index contributed by atoms with van der Waals surface area (Å²) in [5.74, 6) is -1.06. The molecule has 0 radical (unpaired) electrons. The summed E-state index contributed by atoms with van der Waals surface area (Å²) in [6, 6.07) is 4.17. The number of carboxylic acid groups (broad SMARTS) is 1. The molecule has 1 aromatic carbocycles. The third-order valence-corrected chi connectivity index (χ3v) is 3.02. The fraction of sp³-hybridized carbons (Fsp3) is 0.333. The van der Waals surface area contributed by atoms with E-state index in [-0.39, 0.29) is 6.54 Å². The molecule has 0 fully saturated rings. The average Bonchev–Trinajstić information content (AvgIpc) is 2.33. The van der Waals surface area contributed by atoms with Crippen LogP contribution in [0.3, 0.4) is 0 Å². The normalized spacial score (nSPS) is 10.1. The summed E-state index contributed by atoms with van der Waals surface area (Å²) in [7, 11) is 0. The standard InChI is InChI=1S/C12H14Cl2N2O3/c1-2-5-16(7-11(17)18)12(19)15-8-3-4-9(13)10(14)6-8/h3-4,6H,2,5,7H2,1H3,(H,15,19)(H,17,18). The molecule has 0 atom stereocenters.